The Balaban J connectivity index is 2.79. The fraction of sp³-hybridized carbons (Fsp3) is 0.429. The molecule has 1 N–H and O–H groups in total. The highest BCUT2D eigenvalue weighted by molar-refractivity contribution is 6.30. The molecule has 1 amide bonds. The molecule has 0 aromatic heterocycles. The van der Waals surface area contributed by atoms with Crippen molar-refractivity contribution < 1.29 is 9.53 Å². The van der Waals surface area contributed by atoms with Gasteiger partial charge >= 0.3 is 6.09 Å². The first-order chi connectivity index (χ1) is 8.81. The molecule has 1 unspecified atom stereocenters. The molecule has 1 aromatic rings. The second kappa shape index (κ2) is 6.44. The van der Waals surface area contributed by atoms with Gasteiger partial charge in [-0.05, 0) is 38.5 Å². The summed E-state index contributed by atoms with van der Waals surface area (Å²) < 4.78 is 5.17. The molecule has 0 spiro atoms. The molecule has 0 radical (unpaired) electrons. The normalized spacial score (nSPS) is 12.4. The van der Waals surface area contributed by atoms with Gasteiger partial charge in [-0.15, -0.1) is 0 Å². The van der Waals surface area contributed by atoms with Crippen molar-refractivity contribution in [2.45, 2.75) is 38.8 Å². The van der Waals surface area contributed by atoms with E-state index in [2.05, 4.69) is 5.32 Å². The Hall–Kier alpha value is -1.73. The van der Waals surface area contributed by atoms with E-state index in [-0.39, 0.29) is 6.42 Å². The number of carbonyl (C=O) groups is 1. The van der Waals surface area contributed by atoms with Crippen LogP contribution in [0.25, 0.3) is 0 Å². The Labute approximate surface area is 118 Å². The lowest BCUT2D eigenvalue weighted by Crippen LogP contribution is -2.34. The molecule has 0 bridgehead atoms. The first-order valence-corrected chi connectivity index (χ1v) is 6.31. The molecule has 102 valence electrons. The number of rotatable bonds is 3. The SMILES string of the molecule is CC(C)(C)OC(=O)NC(CC#N)c1cccc(Cl)c1. The van der Waals surface area contributed by atoms with Gasteiger partial charge in [-0.25, -0.2) is 4.79 Å². The zero-order chi connectivity index (χ0) is 14.5. The molecular weight excluding hydrogens is 264 g/mol. The number of nitriles is 1. The fourth-order valence-electron chi connectivity index (χ4n) is 1.52. The molecule has 0 saturated carbocycles. The summed E-state index contributed by atoms with van der Waals surface area (Å²) in [7, 11) is 0. The summed E-state index contributed by atoms with van der Waals surface area (Å²) in [6.07, 6.45) is -0.396. The summed E-state index contributed by atoms with van der Waals surface area (Å²) in [4.78, 5) is 11.7. The summed E-state index contributed by atoms with van der Waals surface area (Å²) in [5.41, 5.74) is 0.204. The van der Waals surface area contributed by atoms with Crippen molar-refractivity contribution in [3.05, 3.63) is 34.9 Å². The van der Waals surface area contributed by atoms with E-state index in [0.717, 1.165) is 5.56 Å². The minimum absolute atomic E-state index is 0.152. The molecule has 0 fully saturated rings. The molecule has 0 saturated heterocycles. The van der Waals surface area contributed by atoms with Crippen LogP contribution in [0.1, 0.15) is 38.8 Å². The lowest BCUT2D eigenvalue weighted by Gasteiger charge is -2.22. The molecule has 19 heavy (non-hydrogen) atoms. The third-order valence-electron chi connectivity index (χ3n) is 2.24. The lowest BCUT2D eigenvalue weighted by atomic mass is 10.0. The van der Waals surface area contributed by atoms with E-state index in [4.69, 9.17) is 21.6 Å². The fourth-order valence-corrected chi connectivity index (χ4v) is 1.72. The molecule has 0 aliphatic heterocycles. The topological polar surface area (TPSA) is 62.1 Å². The van der Waals surface area contributed by atoms with E-state index in [9.17, 15) is 4.79 Å². The number of nitrogens with zero attached hydrogens (tertiary/aromatic N) is 1. The zero-order valence-corrected chi connectivity index (χ0v) is 12.0. The molecule has 1 rings (SSSR count). The van der Waals surface area contributed by atoms with Gasteiger partial charge in [0.15, 0.2) is 0 Å². The van der Waals surface area contributed by atoms with Crippen LogP contribution in [0.5, 0.6) is 0 Å². The number of halogens is 1. The average Bonchev–Trinajstić information content (AvgIpc) is 2.26. The van der Waals surface area contributed by atoms with E-state index in [1.54, 1.807) is 39.0 Å². The van der Waals surface area contributed by atoms with Crippen molar-refractivity contribution >= 4 is 17.7 Å². The quantitative estimate of drug-likeness (QED) is 0.915. The third-order valence-corrected chi connectivity index (χ3v) is 2.47. The Bertz CT molecular complexity index is 489. The van der Waals surface area contributed by atoms with Gasteiger partial charge in [-0.3, -0.25) is 0 Å². The van der Waals surface area contributed by atoms with Crippen molar-refractivity contribution in [1.29, 1.82) is 5.26 Å². The van der Waals surface area contributed by atoms with Gasteiger partial charge in [0.2, 0.25) is 0 Å². The number of ether oxygens (including phenoxy) is 1. The minimum atomic E-state index is -0.574. The van der Waals surface area contributed by atoms with Crippen LogP contribution in [-0.4, -0.2) is 11.7 Å². The van der Waals surface area contributed by atoms with E-state index in [1.807, 2.05) is 12.1 Å². The highest BCUT2D eigenvalue weighted by Gasteiger charge is 2.20. The summed E-state index contributed by atoms with van der Waals surface area (Å²) in [5, 5.41) is 12.1. The number of carbonyl (C=O) groups excluding carboxylic acids is 1. The number of alkyl carbamates (subject to hydrolysis) is 1. The van der Waals surface area contributed by atoms with Crippen molar-refractivity contribution in [2.24, 2.45) is 0 Å². The Morgan fingerprint density at radius 3 is 2.74 bits per heavy atom. The van der Waals surface area contributed by atoms with Crippen LogP contribution in [0, 0.1) is 11.3 Å². The highest BCUT2D eigenvalue weighted by atomic mass is 35.5. The standard InChI is InChI=1S/C14H17ClN2O2/c1-14(2,3)19-13(18)17-12(7-8-16)10-5-4-6-11(15)9-10/h4-6,9,12H,7H2,1-3H3,(H,17,18). The predicted molar refractivity (Wildman–Crippen MR) is 73.8 cm³/mol. The maximum absolute atomic E-state index is 11.7. The number of hydrogen-bond acceptors (Lipinski definition) is 3. The molecule has 1 aromatic carbocycles. The van der Waals surface area contributed by atoms with Crippen LogP contribution in [0.2, 0.25) is 5.02 Å². The number of nitrogens with one attached hydrogen (secondary N) is 1. The lowest BCUT2D eigenvalue weighted by molar-refractivity contribution is 0.0504. The van der Waals surface area contributed by atoms with Crippen LogP contribution in [0.4, 0.5) is 4.79 Å². The van der Waals surface area contributed by atoms with E-state index in [0.29, 0.717) is 5.02 Å². The van der Waals surface area contributed by atoms with Crippen molar-refractivity contribution in [1.82, 2.24) is 5.32 Å². The minimum Gasteiger partial charge on any atom is -0.444 e. The maximum atomic E-state index is 11.7. The molecule has 0 aliphatic carbocycles. The smallest absolute Gasteiger partial charge is 0.408 e. The number of hydrogen-bond donors (Lipinski definition) is 1. The zero-order valence-electron chi connectivity index (χ0n) is 11.2. The van der Waals surface area contributed by atoms with Gasteiger partial charge in [0.05, 0.1) is 18.5 Å². The average molecular weight is 281 g/mol. The molecule has 0 aliphatic rings. The van der Waals surface area contributed by atoms with E-state index >= 15 is 0 Å². The van der Waals surface area contributed by atoms with Gasteiger partial charge in [0, 0.05) is 5.02 Å². The van der Waals surface area contributed by atoms with Crippen LogP contribution in [-0.2, 0) is 4.74 Å². The highest BCUT2D eigenvalue weighted by Crippen LogP contribution is 2.21. The van der Waals surface area contributed by atoms with Crippen LogP contribution in [0.15, 0.2) is 24.3 Å². The van der Waals surface area contributed by atoms with Gasteiger partial charge in [-0.2, -0.15) is 5.26 Å². The summed E-state index contributed by atoms with van der Waals surface area (Å²) in [5.74, 6) is 0. The summed E-state index contributed by atoms with van der Waals surface area (Å²) in [6.45, 7) is 5.35. The number of benzene rings is 1. The van der Waals surface area contributed by atoms with Crippen molar-refractivity contribution in [2.75, 3.05) is 0 Å². The van der Waals surface area contributed by atoms with E-state index < -0.39 is 17.7 Å². The van der Waals surface area contributed by atoms with Gasteiger partial charge in [0.1, 0.15) is 5.60 Å². The Morgan fingerprint density at radius 1 is 1.53 bits per heavy atom. The van der Waals surface area contributed by atoms with Gasteiger partial charge < -0.3 is 10.1 Å². The molecule has 0 heterocycles. The van der Waals surface area contributed by atoms with Crippen molar-refractivity contribution in [3.63, 3.8) is 0 Å². The Kier molecular flexibility index (Phi) is 5.20. The van der Waals surface area contributed by atoms with Gasteiger partial charge in [-0.1, -0.05) is 23.7 Å². The molecule has 4 nitrogen and oxygen atoms in total. The van der Waals surface area contributed by atoms with Crippen LogP contribution >= 0.6 is 11.6 Å². The second-order valence-electron chi connectivity index (χ2n) is 5.12. The first kappa shape index (κ1) is 15.3. The molecule has 5 heteroatoms. The molecular formula is C14H17ClN2O2. The van der Waals surface area contributed by atoms with E-state index in [1.165, 1.54) is 0 Å². The monoisotopic (exact) mass is 280 g/mol. The Morgan fingerprint density at radius 2 is 2.21 bits per heavy atom. The molecule has 1 atom stereocenters. The van der Waals surface area contributed by atoms with Crippen LogP contribution < -0.4 is 5.32 Å². The first-order valence-electron chi connectivity index (χ1n) is 5.94. The summed E-state index contributed by atoms with van der Waals surface area (Å²) >= 11 is 5.91. The number of amides is 1. The van der Waals surface area contributed by atoms with Crippen molar-refractivity contribution in [3.8, 4) is 6.07 Å². The van der Waals surface area contributed by atoms with Gasteiger partial charge in [0.25, 0.3) is 0 Å². The third kappa shape index (κ3) is 5.62. The van der Waals surface area contributed by atoms with Crippen LogP contribution in [0.3, 0.4) is 0 Å². The largest absolute Gasteiger partial charge is 0.444 e. The maximum Gasteiger partial charge on any atom is 0.408 e. The summed E-state index contributed by atoms with van der Waals surface area (Å²) in [6, 6.07) is 8.66. The predicted octanol–water partition coefficient (Wildman–Crippen LogP) is 3.82. The second-order valence-corrected chi connectivity index (χ2v) is 5.55.